The molecule has 2 rings (SSSR count). The third-order valence-electron chi connectivity index (χ3n) is 2.74. The minimum Gasteiger partial charge on any atom is -0.359 e. The van der Waals surface area contributed by atoms with Gasteiger partial charge >= 0.3 is 0 Å². The lowest BCUT2D eigenvalue weighted by Gasteiger charge is -2.23. The zero-order valence-electron chi connectivity index (χ0n) is 8.79. The number of imidazole rings is 1. The maximum absolute atomic E-state index is 4.25. The van der Waals surface area contributed by atoms with E-state index in [-0.39, 0.29) is 0 Å². The van der Waals surface area contributed by atoms with E-state index in [1.165, 1.54) is 18.6 Å². The summed E-state index contributed by atoms with van der Waals surface area (Å²) in [6, 6.07) is 0. The van der Waals surface area contributed by atoms with Crippen LogP contribution in [0.4, 0.5) is 5.95 Å². The molecule has 1 unspecified atom stereocenters. The molecule has 3 nitrogen and oxygen atoms in total. The molecule has 1 N–H and O–H groups in total. The molecule has 1 aromatic rings. The Morgan fingerprint density at radius 3 is 3.21 bits per heavy atom. The predicted molar refractivity (Wildman–Crippen MR) is 61.9 cm³/mol. The van der Waals surface area contributed by atoms with E-state index in [9.17, 15) is 0 Å². The van der Waals surface area contributed by atoms with Gasteiger partial charge in [-0.3, -0.25) is 0 Å². The monoisotopic (exact) mass is 211 g/mol. The maximum Gasteiger partial charge on any atom is 0.202 e. The molecule has 0 spiro atoms. The Morgan fingerprint density at radius 2 is 2.57 bits per heavy atom. The molecule has 0 radical (unpaired) electrons. The van der Waals surface area contributed by atoms with E-state index < -0.39 is 0 Å². The van der Waals surface area contributed by atoms with Gasteiger partial charge in [0.1, 0.15) is 0 Å². The van der Waals surface area contributed by atoms with Crippen LogP contribution in [-0.2, 0) is 6.54 Å². The first-order valence-electron chi connectivity index (χ1n) is 5.06. The molecule has 78 valence electrons. The van der Waals surface area contributed by atoms with Gasteiger partial charge in [-0.15, -0.1) is 0 Å². The summed E-state index contributed by atoms with van der Waals surface area (Å²) in [6.45, 7) is 3.41. The van der Waals surface area contributed by atoms with Gasteiger partial charge < -0.3 is 9.88 Å². The Hall–Kier alpha value is -0.640. The number of nitrogens with zero attached hydrogens (tertiary/aromatic N) is 2. The lowest BCUT2D eigenvalue weighted by Crippen LogP contribution is -2.24. The summed E-state index contributed by atoms with van der Waals surface area (Å²) in [4.78, 5) is 4.25. The van der Waals surface area contributed by atoms with Crippen molar-refractivity contribution in [2.24, 2.45) is 0 Å². The van der Waals surface area contributed by atoms with Crippen LogP contribution in [0, 0.1) is 0 Å². The highest BCUT2D eigenvalue weighted by atomic mass is 32.2. The second-order valence-electron chi connectivity index (χ2n) is 4.03. The first-order valence-corrected chi connectivity index (χ1v) is 6.05. The molecule has 1 aliphatic rings. The molecular weight excluding hydrogens is 194 g/mol. The second kappa shape index (κ2) is 3.85. The van der Waals surface area contributed by atoms with E-state index in [0.29, 0.717) is 4.75 Å². The molecule has 14 heavy (non-hydrogen) atoms. The van der Waals surface area contributed by atoms with Gasteiger partial charge in [0.25, 0.3) is 0 Å². The Bertz CT molecular complexity index is 302. The highest BCUT2D eigenvalue weighted by Gasteiger charge is 2.30. The number of nitrogens with one attached hydrogen (secondary N) is 1. The van der Waals surface area contributed by atoms with E-state index in [2.05, 4.69) is 39.8 Å². The van der Waals surface area contributed by atoms with Crippen molar-refractivity contribution in [3.05, 3.63) is 12.4 Å². The summed E-state index contributed by atoms with van der Waals surface area (Å²) in [7, 11) is 1.92. The molecular formula is C10H17N3S. The molecule has 0 aromatic carbocycles. The highest BCUT2D eigenvalue weighted by Crippen LogP contribution is 2.39. The summed E-state index contributed by atoms with van der Waals surface area (Å²) in [5, 5.41) is 3.11. The van der Waals surface area contributed by atoms with Gasteiger partial charge in [0.2, 0.25) is 5.95 Å². The molecule has 4 heteroatoms. The Kier molecular flexibility index (Phi) is 2.72. The van der Waals surface area contributed by atoms with E-state index in [1.54, 1.807) is 0 Å². The molecule has 1 aliphatic heterocycles. The van der Waals surface area contributed by atoms with Crippen LogP contribution in [0.1, 0.15) is 19.8 Å². The van der Waals surface area contributed by atoms with Crippen molar-refractivity contribution in [3.8, 4) is 0 Å². The first-order chi connectivity index (χ1) is 6.73. The van der Waals surface area contributed by atoms with Crippen molar-refractivity contribution in [1.82, 2.24) is 9.55 Å². The minimum atomic E-state index is 0.409. The molecule has 1 fully saturated rings. The average molecular weight is 211 g/mol. The van der Waals surface area contributed by atoms with E-state index >= 15 is 0 Å². The van der Waals surface area contributed by atoms with Crippen molar-refractivity contribution in [1.29, 1.82) is 0 Å². The molecule has 2 heterocycles. The van der Waals surface area contributed by atoms with Crippen molar-refractivity contribution in [2.75, 3.05) is 18.1 Å². The quantitative estimate of drug-likeness (QED) is 0.831. The van der Waals surface area contributed by atoms with Gasteiger partial charge in [-0.05, 0) is 25.5 Å². The van der Waals surface area contributed by atoms with Crippen LogP contribution in [-0.4, -0.2) is 27.1 Å². The molecule has 0 saturated carbocycles. The van der Waals surface area contributed by atoms with Crippen LogP contribution in [0.15, 0.2) is 12.4 Å². The van der Waals surface area contributed by atoms with E-state index in [1.807, 2.05) is 13.2 Å². The van der Waals surface area contributed by atoms with Gasteiger partial charge in [-0.25, -0.2) is 4.98 Å². The summed E-state index contributed by atoms with van der Waals surface area (Å²) < 4.78 is 2.62. The zero-order chi connectivity index (χ0) is 10.0. The van der Waals surface area contributed by atoms with Crippen LogP contribution in [0.25, 0.3) is 0 Å². The fourth-order valence-corrected chi connectivity index (χ4v) is 3.29. The molecule has 0 aliphatic carbocycles. The van der Waals surface area contributed by atoms with E-state index in [0.717, 1.165) is 12.5 Å². The average Bonchev–Trinajstić information content (AvgIpc) is 2.75. The van der Waals surface area contributed by atoms with Crippen molar-refractivity contribution >= 4 is 17.7 Å². The van der Waals surface area contributed by atoms with Gasteiger partial charge in [-0.1, -0.05) is 0 Å². The predicted octanol–water partition coefficient (Wildman–Crippen LogP) is 2.21. The van der Waals surface area contributed by atoms with Crippen molar-refractivity contribution in [3.63, 3.8) is 0 Å². The number of hydrogen-bond donors (Lipinski definition) is 1. The second-order valence-corrected chi connectivity index (χ2v) is 5.71. The maximum atomic E-state index is 4.25. The van der Waals surface area contributed by atoms with Crippen LogP contribution < -0.4 is 5.32 Å². The molecule has 1 atom stereocenters. The SMILES string of the molecule is CNc1nccn1CC1(C)CCCS1. The Balaban J connectivity index is 2.09. The van der Waals surface area contributed by atoms with E-state index in [4.69, 9.17) is 0 Å². The van der Waals surface area contributed by atoms with Gasteiger partial charge in [0.05, 0.1) is 0 Å². The third kappa shape index (κ3) is 1.90. The smallest absolute Gasteiger partial charge is 0.202 e. The lowest BCUT2D eigenvalue weighted by atomic mass is 10.1. The van der Waals surface area contributed by atoms with Gasteiger partial charge in [0, 0.05) is 30.7 Å². The zero-order valence-corrected chi connectivity index (χ0v) is 9.60. The summed E-state index contributed by atoms with van der Waals surface area (Å²) in [6.07, 6.45) is 6.58. The standard InChI is InChI=1S/C10H17N3S/c1-10(4-3-7-14-10)8-13-6-5-12-9(13)11-2/h5-6H,3-4,7-8H2,1-2H3,(H,11,12). The lowest BCUT2D eigenvalue weighted by molar-refractivity contribution is 0.514. The highest BCUT2D eigenvalue weighted by molar-refractivity contribution is 8.00. The number of anilines is 1. The number of thioether (sulfide) groups is 1. The van der Waals surface area contributed by atoms with Gasteiger partial charge in [-0.2, -0.15) is 11.8 Å². The summed E-state index contributed by atoms with van der Waals surface area (Å²) in [5.74, 6) is 2.28. The number of rotatable bonds is 3. The van der Waals surface area contributed by atoms with Gasteiger partial charge in [0.15, 0.2) is 0 Å². The fourth-order valence-electron chi connectivity index (χ4n) is 1.99. The van der Waals surface area contributed by atoms with Crippen LogP contribution >= 0.6 is 11.8 Å². The topological polar surface area (TPSA) is 29.9 Å². The molecule has 1 saturated heterocycles. The Labute approximate surface area is 89.3 Å². The third-order valence-corrected chi connectivity index (χ3v) is 4.27. The Morgan fingerprint density at radius 1 is 1.71 bits per heavy atom. The summed E-state index contributed by atoms with van der Waals surface area (Å²) >= 11 is 2.09. The van der Waals surface area contributed by atoms with Crippen molar-refractivity contribution < 1.29 is 0 Å². The molecule has 1 aromatic heterocycles. The molecule has 0 amide bonds. The summed E-state index contributed by atoms with van der Waals surface area (Å²) in [5.41, 5.74) is 0. The van der Waals surface area contributed by atoms with Crippen LogP contribution in [0.3, 0.4) is 0 Å². The minimum absolute atomic E-state index is 0.409. The van der Waals surface area contributed by atoms with Crippen LogP contribution in [0.5, 0.6) is 0 Å². The number of aromatic nitrogens is 2. The molecule has 0 bridgehead atoms. The fraction of sp³-hybridized carbons (Fsp3) is 0.700. The number of hydrogen-bond acceptors (Lipinski definition) is 3. The van der Waals surface area contributed by atoms with Crippen LogP contribution in [0.2, 0.25) is 0 Å². The van der Waals surface area contributed by atoms with Crippen molar-refractivity contribution in [2.45, 2.75) is 31.1 Å². The normalized spacial score (nSPS) is 26.7. The first kappa shape index (κ1) is 9.90. The largest absolute Gasteiger partial charge is 0.359 e.